The van der Waals surface area contributed by atoms with E-state index < -0.39 is 5.97 Å². The topological polar surface area (TPSA) is 40.5 Å². The highest BCUT2D eigenvalue weighted by Crippen LogP contribution is 2.46. The van der Waals surface area contributed by atoms with Crippen LogP contribution in [0.1, 0.15) is 39.5 Å². The largest absolute Gasteiger partial charge is 0.480 e. The number of hydrogen-bond acceptors (Lipinski definition) is 2. The molecule has 2 fully saturated rings. The number of carboxylic acid groups (broad SMARTS) is 1. The van der Waals surface area contributed by atoms with Crippen LogP contribution in [0.4, 0.5) is 0 Å². The number of carboxylic acids is 1. The van der Waals surface area contributed by atoms with E-state index in [2.05, 4.69) is 4.90 Å². The highest BCUT2D eigenvalue weighted by atomic mass is 16.4. The second-order valence-corrected chi connectivity index (χ2v) is 5.64. The van der Waals surface area contributed by atoms with Crippen LogP contribution in [0.2, 0.25) is 0 Å². The highest BCUT2D eigenvalue weighted by Gasteiger charge is 2.48. The number of likely N-dealkylation sites (tertiary alicyclic amines) is 1. The van der Waals surface area contributed by atoms with Gasteiger partial charge in [-0.05, 0) is 24.2 Å². The molecule has 1 aliphatic heterocycles. The fourth-order valence-electron chi connectivity index (χ4n) is 3.32. The van der Waals surface area contributed by atoms with Gasteiger partial charge in [-0.15, -0.1) is 0 Å². The Morgan fingerprint density at radius 2 is 1.80 bits per heavy atom. The van der Waals surface area contributed by atoms with Gasteiger partial charge in [0, 0.05) is 13.1 Å². The first-order valence-corrected chi connectivity index (χ1v) is 6.01. The van der Waals surface area contributed by atoms with Crippen LogP contribution >= 0.6 is 0 Å². The van der Waals surface area contributed by atoms with E-state index in [9.17, 15) is 4.79 Å². The molecule has 2 rings (SSSR count). The van der Waals surface area contributed by atoms with Crippen molar-refractivity contribution in [3.8, 4) is 0 Å². The molecule has 0 aromatic heterocycles. The fourth-order valence-corrected chi connectivity index (χ4v) is 3.32. The summed E-state index contributed by atoms with van der Waals surface area (Å²) in [5.41, 5.74) is 0.503. The molecule has 0 aromatic rings. The molecule has 1 saturated heterocycles. The van der Waals surface area contributed by atoms with Crippen LogP contribution in [0.25, 0.3) is 0 Å². The van der Waals surface area contributed by atoms with Crippen molar-refractivity contribution >= 4 is 5.97 Å². The van der Waals surface area contributed by atoms with Crippen molar-refractivity contribution in [2.45, 2.75) is 45.6 Å². The quantitative estimate of drug-likeness (QED) is 0.776. The Kier molecular flexibility index (Phi) is 2.75. The molecule has 2 aliphatic rings. The average molecular weight is 211 g/mol. The third-order valence-corrected chi connectivity index (χ3v) is 4.02. The summed E-state index contributed by atoms with van der Waals surface area (Å²) >= 11 is 0. The van der Waals surface area contributed by atoms with Crippen LogP contribution in [0.5, 0.6) is 0 Å². The minimum atomic E-state index is -0.655. The Labute approximate surface area is 91.5 Å². The van der Waals surface area contributed by atoms with Gasteiger partial charge in [-0.3, -0.25) is 9.69 Å². The maximum absolute atomic E-state index is 11.1. The van der Waals surface area contributed by atoms with Crippen LogP contribution in [-0.4, -0.2) is 35.1 Å². The summed E-state index contributed by atoms with van der Waals surface area (Å²) in [6.45, 7) is 6.03. The summed E-state index contributed by atoms with van der Waals surface area (Å²) in [7, 11) is 0. The van der Waals surface area contributed by atoms with Crippen LogP contribution in [0, 0.1) is 11.3 Å². The number of hydrogen-bond donors (Lipinski definition) is 1. The van der Waals surface area contributed by atoms with E-state index in [0.717, 1.165) is 13.1 Å². The normalized spacial score (nSPS) is 26.9. The maximum Gasteiger partial charge on any atom is 0.321 e. The molecule has 1 atom stereocenters. The zero-order valence-electron chi connectivity index (χ0n) is 9.70. The smallest absolute Gasteiger partial charge is 0.321 e. The van der Waals surface area contributed by atoms with Gasteiger partial charge in [0.05, 0.1) is 0 Å². The van der Waals surface area contributed by atoms with E-state index in [1.807, 2.05) is 13.8 Å². The van der Waals surface area contributed by atoms with Crippen LogP contribution < -0.4 is 0 Å². The van der Waals surface area contributed by atoms with E-state index in [4.69, 9.17) is 5.11 Å². The van der Waals surface area contributed by atoms with Gasteiger partial charge in [0.15, 0.2) is 0 Å². The van der Waals surface area contributed by atoms with Gasteiger partial charge in [-0.2, -0.15) is 0 Å². The number of rotatable bonds is 3. The molecule has 15 heavy (non-hydrogen) atoms. The van der Waals surface area contributed by atoms with Crippen LogP contribution in [0.15, 0.2) is 0 Å². The number of aliphatic carboxylic acids is 1. The number of carbonyl (C=O) groups is 1. The molecule has 86 valence electrons. The Hall–Kier alpha value is -0.570. The fraction of sp³-hybridized carbons (Fsp3) is 0.917. The van der Waals surface area contributed by atoms with Gasteiger partial charge in [0.1, 0.15) is 6.04 Å². The Morgan fingerprint density at radius 3 is 2.20 bits per heavy atom. The van der Waals surface area contributed by atoms with Gasteiger partial charge < -0.3 is 5.11 Å². The minimum absolute atomic E-state index is 0.209. The monoisotopic (exact) mass is 211 g/mol. The van der Waals surface area contributed by atoms with Gasteiger partial charge >= 0.3 is 5.97 Å². The summed E-state index contributed by atoms with van der Waals surface area (Å²) in [5.74, 6) is -0.445. The van der Waals surface area contributed by atoms with Crippen molar-refractivity contribution < 1.29 is 9.90 Å². The zero-order chi connectivity index (χ0) is 11.1. The van der Waals surface area contributed by atoms with Gasteiger partial charge in [-0.25, -0.2) is 0 Å². The van der Waals surface area contributed by atoms with E-state index in [-0.39, 0.29) is 12.0 Å². The molecule has 3 nitrogen and oxygen atoms in total. The van der Waals surface area contributed by atoms with E-state index >= 15 is 0 Å². The lowest BCUT2D eigenvalue weighted by Gasteiger charge is -2.51. The molecule has 1 heterocycles. The zero-order valence-corrected chi connectivity index (χ0v) is 9.70. The Bertz CT molecular complexity index is 248. The lowest BCUT2D eigenvalue weighted by atomic mass is 9.76. The molecule has 1 spiro atoms. The standard InChI is InChI=1S/C12H21NO2/c1-9(2)10(11(14)15)13-7-12(8-13)5-3-4-6-12/h9-10H,3-8H2,1-2H3,(H,14,15). The Balaban J connectivity index is 1.94. The van der Waals surface area contributed by atoms with E-state index in [0.29, 0.717) is 5.41 Å². The predicted octanol–water partition coefficient (Wildman–Crippen LogP) is 1.97. The molecule has 0 bridgehead atoms. The van der Waals surface area contributed by atoms with Crippen LogP contribution in [0.3, 0.4) is 0 Å². The predicted molar refractivity (Wildman–Crippen MR) is 58.7 cm³/mol. The molecule has 1 unspecified atom stereocenters. The molecule has 0 aromatic carbocycles. The molecule has 0 amide bonds. The SMILES string of the molecule is CC(C)C(C(=O)O)N1CC2(CCCC2)C1. The molecule has 1 saturated carbocycles. The van der Waals surface area contributed by atoms with Gasteiger partial charge in [0.2, 0.25) is 0 Å². The van der Waals surface area contributed by atoms with Crippen molar-refractivity contribution in [2.24, 2.45) is 11.3 Å². The van der Waals surface area contributed by atoms with E-state index in [1.54, 1.807) is 0 Å². The first-order valence-electron chi connectivity index (χ1n) is 6.01. The van der Waals surface area contributed by atoms with Crippen molar-refractivity contribution in [3.05, 3.63) is 0 Å². The average Bonchev–Trinajstić information content (AvgIpc) is 2.50. The summed E-state index contributed by atoms with van der Waals surface area (Å²) in [6.07, 6.45) is 5.31. The lowest BCUT2D eigenvalue weighted by Crippen LogP contribution is -2.61. The third-order valence-electron chi connectivity index (χ3n) is 4.02. The van der Waals surface area contributed by atoms with E-state index in [1.165, 1.54) is 25.7 Å². The number of nitrogens with zero attached hydrogens (tertiary/aromatic N) is 1. The summed E-state index contributed by atoms with van der Waals surface area (Å²) in [5, 5.41) is 9.17. The first-order chi connectivity index (χ1) is 7.04. The molecule has 3 heteroatoms. The highest BCUT2D eigenvalue weighted by molar-refractivity contribution is 5.74. The van der Waals surface area contributed by atoms with Gasteiger partial charge in [-0.1, -0.05) is 26.7 Å². The van der Waals surface area contributed by atoms with Crippen molar-refractivity contribution in [2.75, 3.05) is 13.1 Å². The molecular formula is C12H21NO2. The molecule has 0 radical (unpaired) electrons. The molecule has 1 N–H and O–H groups in total. The summed E-state index contributed by atoms with van der Waals surface area (Å²) < 4.78 is 0. The minimum Gasteiger partial charge on any atom is -0.480 e. The second-order valence-electron chi connectivity index (χ2n) is 5.64. The summed E-state index contributed by atoms with van der Waals surface area (Å²) in [6, 6.07) is -0.267. The van der Waals surface area contributed by atoms with Crippen LogP contribution in [-0.2, 0) is 4.79 Å². The Morgan fingerprint density at radius 1 is 1.27 bits per heavy atom. The second kappa shape index (κ2) is 3.78. The van der Waals surface area contributed by atoms with Crippen molar-refractivity contribution in [1.82, 2.24) is 4.90 Å². The maximum atomic E-state index is 11.1. The third kappa shape index (κ3) is 1.89. The van der Waals surface area contributed by atoms with Gasteiger partial charge in [0.25, 0.3) is 0 Å². The molecular weight excluding hydrogens is 190 g/mol. The summed E-state index contributed by atoms with van der Waals surface area (Å²) in [4.78, 5) is 13.3. The lowest BCUT2D eigenvalue weighted by molar-refractivity contribution is -0.152. The molecule has 1 aliphatic carbocycles. The first kappa shape index (κ1) is 10.9. The van der Waals surface area contributed by atoms with Crippen molar-refractivity contribution in [1.29, 1.82) is 0 Å². The van der Waals surface area contributed by atoms with Crippen molar-refractivity contribution in [3.63, 3.8) is 0 Å².